The van der Waals surface area contributed by atoms with E-state index >= 15 is 0 Å². The quantitative estimate of drug-likeness (QED) is 0.621. The predicted molar refractivity (Wildman–Crippen MR) is 99.9 cm³/mol. The van der Waals surface area contributed by atoms with Crippen molar-refractivity contribution in [1.82, 2.24) is 20.2 Å². The van der Waals surface area contributed by atoms with E-state index in [0.717, 1.165) is 6.07 Å². The molecule has 1 saturated heterocycles. The lowest BCUT2D eigenvalue weighted by molar-refractivity contribution is -0.136. The summed E-state index contributed by atoms with van der Waals surface area (Å²) in [5, 5.41) is 7.65. The molecule has 0 aliphatic carbocycles. The lowest BCUT2D eigenvalue weighted by Gasteiger charge is -2.31. The van der Waals surface area contributed by atoms with Crippen LogP contribution in [-0.4, -0.2) is 39.2 Å². The Morgan fingerprint density at radius 2 is 1.93 bits per heavy atom. The minimum absolute atomic E-state index is 0.119. The van der Waals surface area contributed by atoms with Crippen LogP contribution >= 0.6 is 0 Å². The molecule has 160 valence electrons. The maximum absolute atomic E-state index is 13.7. The molecule has 3 aromatic rings. The van der Waals surface area contributed by atoms with Gasteiger partial charge >= 0.3 is 6.18 Å². The van der Waals surface area contributed by atoms with Crippen molar-refractivity contribution in [3.05, 3.63) is 40.5 Å². The van der Waals surface area contributed by atoms with Crippen LogP contribution in [0.1, 0.15) is 65.8 Å². The van der Waals surface area contributed by atoms with Crippen molar-refractivity contribution >= 4 is 17.0 Å². The Kier molecular flexibility index (Phi) is 5.25. The summed E-state index contributed by atoms with van der Waals surface area (Å²) in [6, 6.07) is 2.64. The molecule has 4 heterocycles. The molecule has 1 atom stereocenters. The summed E-state index contributed by atoms with van der Waals surface area (Å²) in [5.74, 6) is -0.599. The molecule has 0 radical (unpaired) electrons. The van der Waals surface area contributed by atoms with Gasteiger partial charge in [0.1, 0.15) is 0 Å². The maximum atomic E-state index is 13.7. The molecule has 7 nitrogen and oxygen atoms in total. The standard InChI is InChI=1S/C20H21F3N4O3/c1-3-12-8-14(20(21,22)23)16-17(26-30-18(16)24-12)11-6-5-7-27(10-11)19(28)15-9-13(4-2)25-29-15/h8-9,11H,3-7,10H2,1-2H3/t11-/m1/s1. The van der Waals surface area contributed by atoms with Gasteiger partial charge in [0.25, 0.3) is 11.6 Å². The Labute approximate surface area is 170 Å². The number of carbonyl (C=O) groups is 1. The fourth-order valence-electron chi connectivity index (χ4n) is 3.83. The number of nitrogens with zero attached hydrogens (tertiary/aromatic N) is 4. The highest BCUT2D eigenvalue weighted by molar-refractivity contribution is 5.91. The molecule has 1 fully saturated rings. The number of rotatable bonds is 4. The highest BCUT2D eigenvalue weighted by atomic mass is 19.4. The van der Waals surface area contributed by atoms with Crippen molar-refractivity contribution in [2.75, 3.05) is 13.1 Å². The number of likely N-dealkylation sites (tertiary alicyclic amines) is 1. The Balaban J connectivity index is 1.67. The SMILES string of the molecule is CCc1cc(C(=O)N2CCC[C@@H](c3noc4nc(CC)cc(C(F)(F)F)c34)C2)on1. The van der Waals surface area contributed by atoms with E-state index in [0.29, 0.717) is 37.9 Å². The molecule has 4 rings (SSSR count). The third-order valence-electron chi connectivity index (χ3n) is 5.42. The molecule has 0 aromatic carbocycles. The van der Waals surface area contributed by atoms with Gasteiger partial charge < -0.3 is 13.9 Å². The topological polar surface area (TPSA) is 85.3 Å². The zero-order valence-corrected chi connectivity index (χ0v) is 16.6. The first-order valence-electron chi connectivity index (χ1n) is 9.93. The maximum Gasteiger partial charge on any atom is 0.417 e. The summed E-state index contributed by atoms with van der Waals surface area (Å²) >= 11 is 0. The van der Waals surface area contributed by atoms with E-state index in [-0.39, 0.29) is 40.7 Å². The molecule has 0 bridgehead atoms. The molecule has 0 saturated carbocycles. The Bertz CT molecular complexity index is 1070. The van der Waals surface area contributed by atoms with E-state index in [2.05, 4.69) is 15.3 Å². The van der Waals surface area contributed by atoms with Gasteiger partial charge in [-0.2, -0.15) is 13.2 Å². The number of alkyl halides is 3. The minimum atomic E-state index is -4.56. The van der Waals surface area contributed by atoms with Gasteiger partial charge in [0.05, 0.1) is 22.3 Å². The number of fused-ring (bicyclic) bond motifs is 1. The van der Waals surface area contributed by atoms with Crippen molar-refractivity contribution in [3.63, 3.8) is 0 Å². The first-order valence-corrected chi connectivity index (χ1v) is 9.93. The van der Waals surface area contributed by atoms with E-state index in [9.17, 15) is 18.0 Å². The second kappa shape index (κ2) is 7.73. The number of carbonyl (C=O) groups excluding carboxylic acids is 1. The number of piperidine rings is 1. The highest BCUT2D eigenvalue weighted by Crippen LogP contribution is 2.40. The lowest BCUT2D eigenvalue weighted by atomic mass is 9.91. The number of aromatic nitrogens is 3. The molecule has 0 unspecified atom stereocenters. The molecule has 1 aliphatic heterocycles. The molecular weight excluding hydrogens is 401 g/mol. The zero-order valence-electron chi connectivity index (χ0n) is 16.6. The van der Waals surface area contributed by atoms with Crippen molar-refractivity contribution in [2.45, 2.75) is 51.6 Å². The van der Waals surface area contributed by atoms with Crippen LogP contribution in [0.25, 0.3) is 11.1 Å². The average molecular weight is 422 g/mol. The van der Waals surface area contributed by atoms with Gasteiger partial charge in [0, 0.05) is 30.8 Å². The minimum Gasteiger partial charge on any atom is -0.351 e. The number of amides is 1. The summed E-state index contributed by atoms with van der Waals surface area (Å²) in [4.78, 5) is 18.5. The van der Waals surface area contributed by atoms with Gasteiger partial charge in [-0.3, -0.25) is 4.79 Å². The van der Waals surface area contributed by atoms with Gasteiger partial charge in [0.2, 0.25) is 5.76 Å². The van der Waals surface area contributed by atoms with Gasteiger partial charge in [-0.25, -0.2) is 4.98 Å². The smallest absolute Gasteiger partial charge is 0.351 e. The van der Waals surface area contributed by atoms with Gasteiger partial charge in [-0.1, -0.05) is 24.2 Å². The molecule has 30 heavy (non-hydrogen) atoms. The summed E-state index contributed by atoms with van der Waals surface area (Å²) in [7, 11) is 0. The van der Waals surface area contributed by atoms with Crippen LogP contribution in [0.3, 0.4) is 0 Å². The van der Waals surface area contributed by atoms with Crippen LogP contribution in [0.4, 0.5) is 13.2 Å². The van der Waals surface area contributed by atoms with Crippen LogP contribution in [0.15, 0.2) is 21.2 Å². The number of halogens is 3. The summed E-state index contributed by atoms with van der Waals surface area (Å²) in [5.41, 5.74) is 0.226. The summed E-state index contributed by atoms with van der Waals surface area (Å²) in [6.07, 6.45) is -2.36. The normalized spacial score (nSPS) is 17.6. The Morgan fingerprint density at radius 3 is 2.60 bits per heavy atom. The van der Waals surface area contributed by atoms with E-state index in [1.165, 1.54) is 0 Å². The van der Waals surface area contributed by atoms with Crippen molar-refractivity contribution in [1.29, 1.82) is 0 Å². The van der Waals surface area contributed by atoms with Crippen LogP contribution in [0.5, 0.6) is 0 Å². The monoisotopic (exact) mass is 422 g/mol. The Hall–Kier alpha value is -2.91. The van der Waals surface area contributed by atoms with E-state index in [1.807, 2.05) is 6.92 Å². The molecule has 0 N–H and O–H groups in total. The van der Waals surface area contributed by atoms with Gasteiger partial charge in [-0.15, -0.1) is 0 Å². The van der Waals surface area contributed by atoms with E-state index in [1.54, 1.807) is 17.9 Å². The zero-order chi connectivity index (χ0) is 21.5. The number of aryl methyl sites for hydroxylation is 2. The van der Waals surface area contributed by atoms with Crippen molar-refractivity contribution in [2.24, 2.45) is 0 Å². The Morgan fingerprint density at radius 1 is 1.17 bits per heavy atom. The van der Waals surface area contributed by atoms with Crippen LogP contribution in [0.2, 0.25) is 0 Å². The van der Waals surface area contributed by atoms with Crippen molar-refractivity contribution in [3.8, 4) is 0 Å². The van der Waals surface area contributed by atoms with Gasteiger partial charge in [-0.05, 0) is 31.7 Å². The summed E-state index contributed by atoms with van der Waals surface area (Å²) in [6.45, 7) is 4.33. The van der Waals surface area contributed by atoms with Crippen molar-refractivity contribution < 1.29 is 27.0 Å². The summed E-state index contributed by atoms with van der Waals surface area (Å²) < 4.78 is 51.5. The molecular formula is C20H21F3N4O3. The van der Waals surface area contributed by atoms with E-state index in [4.69, 9.17) is 9.05 Å². The average Bonchev–Trinajstić information content (AvgIpc) is 3.38. The fourth-order valence-corrected chi connectivity index (χ4v) is 3.83. The van der Waals surface area contributed by atoms with Crippen LogP contribution < -0.4 is 0 Å². The number of pyridine rings is 1. The first kappa shape index (κ1) is 20.4. The second-order valence-corrected chi connectivity index (χ2v) is 7.39. The molecule has 3 aromatic heterocycles. The predicted octanol–water partition coefficient (Wildman–Crippen LogP) is 4.37. The fraction of sp³-hybridized carbons (Fsp3) is 0.500. The number of hydrogen-bond acceptors (Lipinski definition) is 6. The molecule has 0 spiro atoms. The van der Waals surface area contributed by atoms with Crippen LogP contribution in [-0.2, 0) is 19.0 Å². The third-order valence-corrected chi connectivity index (χ3v) is 5.42. The first-order chi connectivity index (χ1) is 14.3. The highest BCUT2D eigenvalue weighted by Gasteiger charge is 2.38. The largest absolute Gasteiger partial charge is 0.417 e. The molecule has 10 heteroatoms. The van der Waals surface area contributed by atoms with Gasteiger partial charge in [0.15, 0.2) is 0 Å². The molecule has 1 aliphatic rings. The third kappa shape index (κ3) is 3.66. The lowest BCUT2D eigenvalue weighted by Crippen LogP contribution is -2.39. The number of hydrogen-bond donors (Lipinski definition) is 0. The molecule has 1 amide bonds. The van der Waals surface area contributed by atoms with E-state index < -0.39 is 17.7 Å². The van der Waals surface area contributed by atoms with Crippen LogP contribution in [0, 0.1) is 0 Å². The second-order valence-electron chi connectivity index (χ2n) is 7.39.